The third-order valence-electron chi connectivity index (χ3n) is 2.23. The Morgan fingerprint density at radius 1 is 1.12 bits per heavy atom. The smallest absolute Gasteiger partial charge is 0.231 e. The lowest BCUT2D eigenvalue weighted by atomic mass is 10.1. The summed E-state index contributed by atoms with van der Waals surface area (Å²) in [5, 5.41) is 0. The van der Waals surface area contributed by atoms with Crippen LogP contribution in [0.2, 0.25) is 0 Å². The number of ketones is 1. The zero-order valence-electron chi connectivity index (χ0n) is 9.14. The van der Waals surface area contributed by atoms with E-state index >= 15 is 0 Å². The molecule has 4 nitrogen and oxygen atoms in total. The van der Waals surface area contributed by atoms with Gasteiger partial charge in [-0.05, 0) is 25.0 Å². The van der Waals surface area contributed by atoms with E-state index in [1.54, 1.807) is 6.20 Å². The van der Waals surface area contributed by atoms with Crippen LogP contribution in [0.25, 0.3) is 0 Å². The summed E-state index contributed by atoms with van der Waals surface area (Å²) in [5.74, 6) is -0.189. The third kappa shape index (κ3) is 1.95. The highest BCUT2D eigenvalue weighted by atomic mass is 16.1. The van der Waals surface area contributed by atoms with Crippen molar-refractivity contribution < 1.29 is 4.79 Å². The van der Waals surface area contributed by atoms with E-state index in [9.17, 15) is 4.79 Å². The van der Waals surface area contributed by atoms with Crippen LogP contribution in [0.15, 0.2) is 30.9 Å². The van der Waals surface area contributed by atoms with Crippen LogP contribution in [0.1, 0.15) is 27.3 Å². The molecule has 2 aromatic rings. The minimum Gasteiger partial charge on any atom is -0.285 e. The molecule has 0 unspecified atom stereocenters. The molecule has 0 aromatic carbocycles. The fourth-order valence-electron chi connectivity index (χ4n) is 1.49. The van der Waals surface area contributed by atoms with Crippen LogP contribution in [0.3, 0.4) is 0 Å². The zero-order chi connectivity index (χ0) is 11.5. The molecule has 0 aliphatic carbocycles. The molecular formula is C12H11N3O. The van der Waals surface area contributed by atoms with E-state index in [-0.39, 0.29) is 5.78 Å². The van der Waals surface area contributed by atoms with Crippen LogP contribution in [0.4, 0.5) is 0 Å². The van der Waals surface area contributed by atoms with Gasteiger partial charge >= 0.3 is 0 Å². The van der Waals surface area contributed by atoms with Gasteiger partial charge in [-0.1, -0.05) is 6.07 Å². The van der Waals surface area contributed by atoms with Gasteiger partial charge in [-0.3, -0.25) is 14.8 Å². The second-order valence-electron chi connectivity index (χ2n) is 3.60. The molecule has 0 radical (unpaired) electrons. The van der Waals surface area contributed by atoms with Crippen molar-refractivity contribution in [1.29, 1.82) is 0 Å². The molecule has 4 heteroatoms. The van der Waals surface area contributed by atoms with Gasteiger partial charge in [-0.2, -0.15) is 0 Å². The zero-order valence-corrected chi connectivity index (χ0v) is 9.14. The second-order valence-corrected chi connectivity index (χ2v) is 3.60. The highest BCUT2D eigenvalue weighted by Crippen LogP contribution is 2.10. The van der Waals surface area contributed by atoms with E-state index < -0.39 is 0 Å². The first-order chi connectivity index (χ1) is 7.68. The Bertz CT molecular complexity index is 523. The Morgan fingerprint density at radius 3 is 2.56 bits per heavy atom. The lowest BCUT2D eigenvalue weighted by molar-refractivity contribution is 0.102. The molecule has 2 rings (SSSR count). The van der Waals surface area contributed by atoms with Crippen molar-refractivity contribution in [3.63, 3.8) is 0 Å². The highest BCUT2D eigenvalue weighted by molar-refractivity contribution is 6.07. The molecule has 16 heavy (non-hydrogen) atoms. The molecule has 0 saturated heterocycles. The Balaban J connectivity index is 2.42. The van der Waals surface area contributed by atoms with Crippen molar-refractivity contribution in [3.05, 3.63) is 53.4 Å². The summed E-state index contributed by atoms with van der Waals surface area (Å²) < 4.78 is 0. The van der Waals surface area contributed by atoms with Crippen molar-refractivity contribution in [3.8, 4) is 0 Å². The van der Waals surface area contributed by atoms with Gasteiger partial charge in [-0.15, -0.1) is 0 Å². The first-order valence-electron chi connectivity index (χ1n) is 4.92. The van der Waals surface area contributed by atoms with Crippen LogP contribution in [0.5, 0.6) is 0 Å². The fraction of sp³-hybridized carbons (Fsp3) is 0.167. The number of carbonyl (C=O) groups is 1. The van der Waals surface area contributed by atoms with Gasteiger partial charge in [0, 0.05) is 18.6 Å². The second kappa shape index (κ2) is 4.18. The van der Waals surface area contributed by atoms with Gasteiger partial charge < -0.3 is 0 Å². The van der Waals surface area contributed by atoms with E-state index in [1.165, 1.54) is 18.6 Å². The Labute approximate surface area is 93.4 Å². The maximum absolute atomic E-state index is 12.0. The molecule has 0 fully saturated rings. The van der Waals surface area contributed by atoms with Crippen molar-refractivity contribution in [1.82, 2.24) is 15.0 Å². The molecule has 0 saturated carbocycles. The summed E-state index contributed by atoms with van der Waals surface area (Å²) in [4.78, 5) is 24.0. The number of hydrogen-bond donors (Lipinski definition) is 0. The molecule has 2 heterocycles. The minimum atomic E-state index is -0.189. The monoisotopic (exact) mass is 213 g/mol. The first kappa shape index (κ1) is 10.4. The maximum Gasteiger partial charge on any atom is 0.231 e. The molecule has 0 atom stereocenters. The topological polar surface area (TPSA) is 55.7 Å². The highest BCUT2D eigenvalue weighted by Gasteiger charge is 2.14. The summed E-state index contributed by atoms with van der Waals surface area (Å²) in [6, 6.07) is 1.93. The van der Waals surface area contributed by atoms with E-state index in [0.29, 0.717) is 11.4 Å². The lowest BCUT2D eigenvalue weighted by Crippen LogP contribution is -2.08. The molecule has 2 aromatic heterocycles. The van der Waals surface area contributed by atoms with Crippen LogP contribution in [-0.4, -0.2) is 20.7 Å². The van der Waals surface area contributed by atoms with Gasteiger partial charge in [0.15, 0.2) is 0 Å². The maximum atomic E-state index is 12.0. The number of nitrogens with zero attached hydrogens (tertiary/aromatic N) is 3. The van der Waals surface area contributed by atoms with Gasteiger partial charge in [0.25, 0.3) is 0 Å². The van der Waals surface area contributed by atoms with Gasteiger partial charge in [-0.25, -0.2) is 4.98 Å². The summed E-state index contributed by atoms with van der Waals surface area (Å²) in [6.45, 7) is 3.81. The van der Waals surface area contributed by atoms with E-state index in [1.807, 2.05) is 19.9 Å². The van der Waals surface area contributed by atoms with Crippen LogP contribution in [-0.2, 0) is 0 Å². The van der Waals surface area contributed by atoms with Gasteiger partial charge in [0.2, 0.25) is 5.78 Å². The average Bonchev–Trinajstić information content (AvgIpc) is 2.29. The summed E-state index contributed by atoms with van der Waals surface area (Å²) >= 11 is 0. The molecule has 0 aliphatic rings. The van der Waals surface area contributed by atoms with Crippen molar-refractivity contribution in [2.45, 2.75) is 13.8 Å². The fourth-order valence-corrected chi connectivity index (χ4v) is 1.49. The van der Waals surface area contributed by atoms with Gasteiger partial charge in [0.1, 0.15) is 11.4 Å². The number of carbonyl (C=O) groups excluding carboxylic acids is 1. The van der Waals surface area contributed by atoms with Gasteiger partial charge in [0.05, 0.1) is 6.20 Å². The predicted octanol–water partition coefficient (Wildman–Crippen LogP) is 1.72. The minimum absolute atomic E-state index is 0.189. The van der Waals surface area contributed by atoms with Crippen molar-refractivity contribution in [2.24, 2.45) is 0 Å². The number of pyridine rings is 1. The summed E-state index contributed by atoms with van der Waals surface area (Å²) in [7, 11) is 0. The molecule has 0 amide bonds. The van der Waals surface area contributed by atoms with Crippen LogP contribution in [0, 0.1) is 13.8 Å². The Hall–Kier alpha value is -2.10. The molecule has 80 valence electrons. The van der Waals surface area contributed by atoms with E-state index in [4.69, 9.17) is 0 Å². The van der Waals surface area contributed by atoms with E-state index in [0.717, 1.165) is 11.1 Å². The quantitative estimate of drug-likeness (QED) is 0.713. The van der Waals surface area contributed by atoms with Crippen molar-refractivity contribution >= 4 is 5.78 Å². The molecule has 0 bridgehead atoms. The summed E-state index contributed by atoms with van der Waals surface area (Å²) in [5.41, 5.74) is 2.65. The Kier molecular flexibility index (Phi) is 2.72. The average molecular weight is 213 g/mol. The third-order valence-corrected chi connectivity index (χ3v) is 2.23. The number of aromatic nitrogens is 3. The standard InChI is InChI=1S/C12H11N3O/c1-8-5-9(2)11(15-6-8)12(16)10-7-13-3-4-14-10/h3-7H,1-2H3. The molecule has 0 aliphatic heterocycles. The van der Waals surface area contributed by atoms with E-state index in [2.05, 4.69) is 15.0 Å². The Morgan fingerprint density at radius 2 is 1.94 bits per heavy atom. The van der Waals surface area contributed by atoms with Crippen molar-refractivity contribution in [2.75, 3.05) is 0 Å². The normalized spacial score (nSPS) is 10.1. The van der Waals surface area contributed by atoms with Crippen LogP contribution >= 0.6 is 0 Å². The number of aryl methyl sites for hydroxylation is 2. The number of hydrogen-bond acceptors (Lipinski definition) is 4. The molecule has 0 spiro atoms. The molecule has 0 N–H and O–H groups in total. The summed E-state index contributed by atoms with van der Waals surface area (Å²) in [6.07, 6.45) is 6.16. The largest absolute Gasteiger partial charge is 0.285 e. The SMILES string of the molecule is Cc1cnc(C(=O)c2cnccn2)c(C)c1. The number of rotatable bonds is 2. The first-order valence-corrected chi connectivity index (χ1v) is 4.92. The van der Waals surface area contributed by atoms with Crippen LogP contribution < -0.4 is 0 Å². The molecular weight excluding hydrogens is 202 g/mol. The predicted molar refractivity (Wildman–Crippen MR) is 59.2 cm³/mol. The lowest BCUT2D eigenvalue weighted by Gasteiger charge is -2.03.